The number of rotatable bonds is 8. The molecular weight excluding hydrogens is 502 g/mol. The van der Waals surface area contributed by atoms with E-state index in [1.807, 2.05) is 6.92 Å². The van der Waals surface area contributed by atoms with Gasteiger partial charge in [-0.05, 0) is 38.3 Å². The van der Waals surface area contributed by atoms with Crippen LogP contribution in [-0.4, -0.2) is 46.5 Å². The number of ether oxygens (including phenoxy) is 1. The van der Waals surface area contributed by atoms with Crippen LogP contribution in [0.25, 0.3) is 0 Å². The molecule has 1 aliphatic heterocycles. The molecule has 0 aliphatic carbocycles. The summed E-state index contributed by atoms with van der Waals surface area (Å²) < 4.78 is 22.6. The summed E-state index contributed by atoms with van der Waals surface area (Å²) in [4.78, 5) is 16.5. The predicted octanol–water partition coefficient (Wildman–Crippen LogP) is 2.16. The molecule has 1 aliphatic rings. The van der Waals surface area contributed by atoms with E-state index in [0.717, 1.165) is 38.1 Å². The van der Waals surface area contributed by atoms with Crippen molar-refractivity contribution >= 4 is 29.9 Å². The molecule has 1 aromatic heterocycles. The van der Waals surface area contributed by atoms with Gasteiger partial charge in [0.1, 0.15) is 11.9 Å². The number of nitrogens with zero attached hydrogens (tertiary/aromatic N) is 4. The van der Waals surface area contributed by atoms with Crippen LogP contribution in [-0.2, 0) is 19.5 Å². The van der Waals surface area contributed by atoms with Gasteiger partial charge in [0.2, 0.25) is 0 Å². The number of aliphatic imine (C=N–C) groups is 1. The molecule has 0 bridgehead atoms. The highest BCUT2D eigenvalue weighted by Crippen LogP contribution is 2.16. The van der Waals surface area contributed by atoms with Crippen LogP contribution in [0.3, 0.4) is 0 Å². The highest BCUT2D eigenvalue weighted by molar-refractivity contribution is 14.0. The Morgan fingerprint density at radius 3 is 2.87 bits per heavy atom. The van der Waals surface area contributed by atoms with E-state index in [-0.39, 0.29) is 47.3 Å². The molecule has 0 saturated carbocycles. The highest BCUT2D eigenvalue weighted by Gasteiger charge is 2.16. The molecular formula is C20H30FIN6O2. The average Bonchev–Trinajstić information content (AvgIpc) is 3.05. The molecule has 30 heavy (non-hydrogen) atoms. The van der Waals surface area contributed by atoms with Crippen LogP contribution in [0.5, 0.6) is 5.75 Å². The third-order valence-corrected chi connectivity index (χ3v) is 4.82. The Morgan fingerprint density at radius 2 is 2.13 bits per heavy atom. The number of halogens is 2. The average molecular weight is 532 g/mol. The van der Waals surface area contributed by atoms with Crippen LogP contribution in [0.1, 0.15) is 32.0 Å². The fourth-order valence-corrected chi connectivity index (χ4v) is 3.29. The number of para-hydroxylation sites is 1. The zero-order valence-corrected chi connectivity index (χ0v) is 19.8. The number of aryl methyl sites for hydroxylation is 2. The fourth-order valence-electron chi connectivity index (χ4n) is 3.29. The third-order valence-electron chi connectivity index (χ3n) is 4.82. The zero-order valence-electron chi connectivity index (χ0n) is 17.4. The molecule has 0 spiro atoms. The molecule has 10 heteroatoms. The quantitative estimate of drug-likeness (QED) is 0.236. The van der Waals surface area contributed by atoms with E-state index in [4.69, 9.17) is 4.74 Å². The lowest BCUT2D eigenvalue weighted by Crippen LogP contribution is -2.42. The first-order valence-corrected chi connectivity index (χ1v) is 10.1. The number of hydrogen-bond acceptors (Lipinski definition) is 4. The van der Waals surface area contributed by atoms with Crippen LogP contribution in [0.2, 0.25) is 0 Å². The first kappa shape index (κ1) is 24.2. The standard InChI is InChI=1S/C20H29FN6O2.HI/c1-15(29-17-9-4-3-8-16(17)21)14-24-19(22-2)23-11-7-13-27-20(28)26-12-6-5-10-18(26)25-27;/h3-4,8-9,15H,5-7,10-14H2,1-2H3,(H2,22,23,24);1H. The number of fused-ring (bicyclic) bond motifs is 1. The SMILES string of the molecule is CN=C(NCCCn1nc2n(c1=O)CCCC2)NCC(C)Oc1ccccc1F.I. The lowest BCUT2D eigenvalue weighted by atomic mass is 10.2. The molecule has 1 atom stereocenters. The van der Waals surface area contributed by atoms with Gasteiger partial charge in [0.15, 0.2) is 17.5 Å². The summed E-state index contributed by atoms with van der Waals surface area (Å²) in [7, 11) is 1.69. The van der Waals surface area contributed by atoms with Crippen molar-refractivity contribution in [3.63, 3.8) is 0 Å². The molecule has 0 amide bonds. The van der Waals surface area contributed by atoms with Gasteiger partial charge in [-0.15, -0.1) is 24.0 Å². The normalized spacial score (nSPS) is 14.4. The van der Waals surface area contributed by atoms with E-state index in [1.54, 1.807) is 34.5 Å². The molecule has 2 heterocycles. The summed E-state index contributed by atoms with van der Waals surface area (Å²) in [6.45, 7) is 4.32. The topological polar surface area (TPSA) is 85.5 Å². The Bertz CT molecular complexity index is 898. The van der Waals surface area contributed by atoms with Crippen molar-refractivity contribution in [2.75, 3.05) is 20.1 Å². The van der Waals surface area contributed by atoms with Crippen molar-refractivity contribution in [2.24, 2.45) is 4.99 Å². The Labute approximate surface area is 192 Å². The van der Waals surface area contributed by atoms with Crippen molar-refractivity contribution in [2.45, 2.75) is 51.8 Å². The number of aromatic nitrogens is 3. The molecule has 2 N–H and O–H groups in total. The van der Waals surface area contributed by atoms with E-state index in [2.05, 4.69) is 20.7 Å². The lowest BCUT2D eigenvalue weighted by molar-refractivity contribution is 0.214. The third kappa shape index (κ3) is 6.44. The molecule has 0 radical (unpaired) electrons. The van der Waals surface area contributed by atoms with Crippen molar-refractivity contribution in [1.82, 2.24) is 25.0 Å². The Morgan fingerprint density at radius 1 is 1.33 bits per heavy atom. The van der Waals surface area contributed by atoms with Crippen LogP contribution >= 0.6 is 24.0 Å². The molecule has 1 unspecified atom stereocenters. The van der Waals surface area contributed by atoms with E-state index in [9.17, 15) is 9.18 Å². The maximum absolute atomic E-state index is 13.7. The lowest BCUT2D eigenvalue weighted by Gasteiger charge is -2.18. The summed E-state index contributed by atoms with van der Waals surface area (Å²) in [5.41, 5.74) is -0.0127. The second kappa shape index (κ2) is 11.9. The van der Waals surface area contributed by atoms with Gasteiger partial charge in [-0.1, -0.05) is 12.1 Å². The largest absolute Gasteiger partial charge is 0.486 e. The number of nitrogens with one attached hydrogen (secondary N) is 2. The summed E-state index contributed by atoms with van der Waals surface area (Å²) in [6, 6.07) is 6.34. The first-order valence-electron chi connectivity index (χ1n) is 10.1. The van der Waals surface area contributed by atoms with Gasteiger partial charge in [-0.2, -0.15) is 5.10 Å². The van der Waals surface area contributed by atoms with E-state index >= 15 is 0 Å². The maximum atomic E-state index is 13.7. The number of guanidine groups is 1. The molecule has 0 fully saturated rings. The van der Waals surface area contributed by atoms with Crippen LogP contribution in [0.4, 0.5) is 4.39 Å². The summed E-state index contributed by atoms with van der Waals surface area (Å²) >= 11 is 0. The van der Waals surface area contributed by atoms with Gasteiger partial charge in [-0.25, -0.2) is 13.9 Å². The Hall–Kier alpha value is -2.11. The van der Waals surface area contributed by atoms with Gasteiger partial charge in [0.05, 0.1) is 6.54 Å². The molecule has 3 rings (SSSR count). The van der Waals surface area contributed by atoms with Gasteiger partial charge in [0.25, 0.3) is 0 Å². The predicted molar refractivity (Wildman–Crippen MR) is 125 cm³/mol. The van der Waals surface area contributed by atoms with Crippen molar-refractivity contribution in [1.29, 1.82) is 0 Å². The summed E-state index contributed by atoms with van der Waals surface area (Å²) in [5.74, 6) is 1.39. The molecule has 0 saturated heterocycles. The van der Waals surface area contributed by atoms with E-state index < -0.39 is 0 Å². The van der Waals surface area contributed by atoms with Gasteiger partial charge < -0.3 is 15.4 Å². The van der Waals surface area contributed by atoms with Gasteiger partial charge in [0, 0.05) is 33.1 Å². The van der Waals surface area contributed by atoms with Gasteiger partial charge >= 0.3 is 5.69 Å². The minimum absolute atomic E-state index is 0. The fraction of sp³-hybridized carbons (Fsp3) is 0.550. The van der Waals surface area contributed by atoms with Crippen molar-refractivity contribution in [3.05, 3.63) is 46.4 Å². The molecule has 1 aromatic carbocycles. The zero-order chi connectivity index (χ0) is 20.6. The van der Waals surface area contributed by atoms with Crippen molar-refractivity contribution in [3.8, 4) is 5.75 Å². The Balaban J connectivity index is 0.00000320. The second-order valence-electron chi connectivity index (χ2n) is 7.12. The minimum Gasteiger partial charge on any atom is -0.486 e. The first-order chi connectivity index (χ1) is 14.1. The van der Waals surface area contributed by atoms with E-state index in [1.165, 1.54) is 6.07 Å². The number of benzene rings is 1. The van der Waals surface area contributed by atoms with Gasteiger partial charge in [-0.3, -0.25) is 9.56 Å². The van der Waals surface area contributed by atoms with Crippen LogP contribution in [0.15, 0.2) is 34.1 Å². The van der Waals surface area contributed by atoms with Crippen molar-refractivity contribution < 1.29 is 9.13 Å². The summed E-state index contributed by atoms with van der Waals surface area (Å²) in [5, 5.41) is 10.8. The smallest absolute Gasteiger partial charge is 0.345 e. The summed E-state index contributed by atoms with van der Waals surface area (Å²) in [6.07, 6.45) is 3.53. The molecule has 166 valence electrons. The second-order valence-corrected chi connectivity index (χ2v) is 7.12. The highest BCUT2D eigenvalue weighted by atomic mass is 127. The Kier molecular flexibility index (Phi) is 9.60. The molecule has 2 aromatic rings. The minimum atomic E-state index is -0.377. The maximum Gasteiger partial charge on any atom is 0.345 e. The monoisotopic (exact) mass is 532 g/mol. The van der Waals surface area contributed by atoms with E-state index in [0.29, 0.717) is 25.6 Å². The number of hydrogen-bond donors (Lipinski definition) is 2. The van der Waals surface area contributed by atoms with Crippen LogP contribution < -0.4 is 21.1 Å². The molecule has 8 nitrogen and oxygen atoms in total. The van der Waals surface area contributed by atoms with Crippen LogP contribution in [0, 0.1) is 5.82 Å².